The fraction of sp³-hybridized carbons (Fsp3) is 0.176. The lowest BCUT2D eigenvalue weighted by Gasteiger charge is -2.24. The lowest BCUT2D eigenvalue weighted by molar-refractivity contribution is -0.121. The number of amidine groups is 1. The molecule has 1 heterocycles. The summed E-state index contributed by atoms with van der Waals surface area (Å²) in [4.78, 5) is 13.1. The van der Waals surface area contributed by atoms with Gasteiger partial charge in [-0.2, -0.15) is 5.10 Å². The zero-order chi connectivity index (χ0) is 15.7. The van der Waals surface area contributed by atoms with Crippen molar-refractivity contribution < 1.29 is 9.18 Å². The van der Waals surface area contributed by atoms with Crippen LogP contribution in [0, 0.1) is 12.7 Å². The zero-order valence-electron chi connectivity index (χ0n) is 12.4. The third-order valence-electron chi connectivity index (χ3n) is 3.67. The van der Waals surface area contributed by atoms with E-state index in [9.17, 15) is 9.18 Å². The number of nitrogens with zero attached hydrogens (tertiary/aromatic N) is 2. The van der Waals surface area contributed by atoms with Crippen molar-refractivity contribution in [3.8, 4) is 11.1 Å². The molecule has 1 aliphatic heterocycles. The van der Waals surface area contributed by atoms with Gasteiger partial charge in [-0.3, -0.25) is 4.79 Å². The first-order chi connectivity index (χ1) is 10.5. The third kappa shape index (κ3) is 2.70. The number of aryl methyl sites for hydroxylation is 1. The molecule has 112 valence electrons. The predicted molar refractivity (Wildman–Crippen MR) is 83.9 cm³/mol. The first kappa shape index (κ1) is 14.3. The summed E-state index contributed by atoms with van der Waals surface area (Å²) in [7, 11) is 1.83. The molecular weight excluding hydrogens is 281 g/mol. The minimum atomic E-state index is -0.230. The fourth-order valence-corrected chi connectivity index (χ4v) is 2.56. The Balaban J connectivity index is 1.91. The van der Waals surface area contributed by atoms with E-state index in [0.717, 1.165) is 28.1 Å². The van der Waals surface area contributed by atoms with Crippen molar-refractivity contribution in [1.29, 1.82) is 0 Å². The van der Waals surface area contributed by atoms with Gasteiger partial charge in [0.05, 0.1) is 6.54 Å². The van der Waals surface area contributed by atoms with Crippen LogP contribution in [-0.4, -0.2) is 30.2 Å². The van der Waals surface area contributed by atoms with E-state index in [2.05, 4.69) is 10.5 Å². The second kappa shape index (κ2) is 5.60. The molecule has 0 aliphatic carbocycles. The molecule has 1 amide bonds. The summed E-state index contributed by atoms with van der Waals surface area (Å²) in [6.45, 7) is 2.18. The number of hydrogen-bond acceptors (Lipinski definition) is 3. The highest BCUT2D eigenvalue weighted by molar-refractivity contribution is 6.02. The highest BCUT2D eigenvalue weighted by Crippen LogP contribution is 2.24. The maximum atomic E-state index is 13.2. The molecule has 0 bridgehead atoms. The quantitative estimate of drug-likeness (QED) is 0.926. The van der Waals surface area contributed by atoms with Crippen molar-refractivity contribution in [2.24, 2.45) is 5.10 Å². The number of carbonyl (C=O) groups is 1. The van der Waals surface area contributed by atoms with E-state index in [1.165, 1.54) is 12.1 Å². The molecule has 0 saturated carbocycles. The number of hydrazone groups is 1. The topological polar surface area (TPSA) is 44.7 Å². The highest BCUT2D eigenvalue weighted by Gasteiger charge is 2.18. The molecule has 0 fully saturated rings. The van der Waals surface area contributed by atoms with Gasteiger partial charge in [-0.25, -0.2) is 9.82 Å². The van der Waals surface area contributed by atoms with Crippen LogP contribution in [0.2, 0.25) is 0 Å². The molecular formula is C17H16FN3O. The minimum Gasteiger partial charge on any atom is -0.348 e. The van der Waals surface area contributed by atoms with Crippen molar-refractivity contribution in [2.45, 2.75) is 6.92 Å². The Kier molecular flexibility index (Phi) is 3.63. The SMILES string of the molecule is Cc1cc(F)ccc1-c1ccc(C2=NNC(=O)CN2C)cc1. The van der Waals surface area contributed by atoms with Gasteiger partial charge in [-0.15, -0.1) is 0 Å². The standard InChI is InChI=1S/C17H16FN3O/c1-11-9-14(18)7-8-15(11)12-3-5-13(6-4-12)17-20-19-16(22)10-21(17)2/h3-9H,10H2,1-2H3,(H,19,22). The second-order valence-corrected chi connectivity index (χ2v) is 5.36. The molecule has 0 unspecified atom stereocenters. The Morgan fingerprint density at radius 3 is 2.45 bits per heavy atom. The number of amides is 1. The number of hydrogen-bond donors (Lipinski definition) is 1. The van der Waals surface area contributed by atoms with E-state index in [4.69, 9.17) is 0 Å². The van der Waals surface area contributed by atoms with Gasteiger partial charge in [-0.05, 0) is 35.7 Å². The van der Waals surface area contributed by atoms with E-state index >= 15 is 0 Å². The zero-order valence-corrected chi connectivity index (χ0v) is 12.4. The highest BCUT2D eigenvalue weighted by atomic mass is 19.1. The summed E-state index contributed by atoms with van der Waals surface area (Å²) in [5, 5.41) is 4.09. The smallest absolute Gasteiger partial charge is 0.259 e. The average Bonchev–Trinajstić information content (AvgIpc) is 2.48. The van der Waals surface area contributed by atoms with E-state index in [-0.39, 0.29) is 18.3 Å². The van der Waals surface area contributed by atoms with Crippen LogP contribution in [0.5, 0.6) is 0 Å². The Hall–Kier alpha value is -2.69. The molecule has 1 N–H and O–H groups in total. The number of carbonyl (C=O) groups excluding carboxylic acids is 1. The summed E-state index contributed by atoms with van der Waals surface area (Å²) >= 11 is 0. The molecule has 2 aromatic rings. The Morgan fingerprint density at radius 1 is 1.14 bits per heavy atom. The molecule has 0 aromatic heterocycles. The Bertz CT molecular complexity index is 753. The maximum absolute atomic E-state index is 13.2. The first-order valence-electron chi connectivity index (χ1n) is 6.99. The van der Waals surface area contributed by atoms with Crippen LogP contribution in [-0.2, 0) is 4.79 Å². The van der Waals surface area contributed by atoms with Gasteiger partial charge in [0.15, 0.2) is 5.84 Å². The van der Waals surface area contributed by atoms with Gasteiger partial charge in [0.2, 0.25) is 0 Å². The van der Waals surface area contributed by atoms with Crippen LogP contribution in [0.25, 0.3) is 11.1 Å². The second-order valence-electron chi connectivity index (χ2n) is 5.36. The summed E-state index contributed by atoms with van der Waals surface area (Å²) in [5.41, 5.74) is 6.32. The number of halogens is 1. The van der Waals surface area contributed by atoms with Crippen LogP contribution in [0.15, 0.2) is 47.6 Å². The van der Waals surface area contributed by atoms with E-state index in [1.807, 2.05) is 38.2 Å². The van der Waals surface area contributed by atoms with Crippen LogP contribution < -0.4 is 5.43 Å². The largest absolute Gasteiger partial charge is 0.348 e. The van der Waals surface area contributed by atoms with E-state index in [1.54, 1.807) is 11.0 Å². The lowest BCUT2D eigenvalue weighted by Crippen LogP contribution is -2.43. The molecule has 2 aromatic carbocycles. The van der Waals surface area contributed by atoms with Crippen molar-refractivity contribution in [3.63, 3.8) is 0 Å². The Labute approximate surface area is 128 Å². The van der Waals surface area contributed by atoms with Crippen LogP contribution in [0.4, 0.5) is 4.39 Å². The van der Waals surface area contributed by atoms with Gasteiger partial charge in [0, 0.05) is 12.6 Å². The van der Waals surface area contributed by atoms with Crippen molar-refractivity contribution >= 4 is 11.7 Å². The number of likely N-dealkylation sites (N-methyl/N-ethyl adjacent to an activating group) is 1. The summed E-state index contributed by atoms with van der Waals surface area (Å²) in [5.74, 6) is 0.374. The molecule has 0 atom stereocenters. The van der Waals surface area contributed by atoms with Gasteiger partial charge < -0.3 is 4.90 Å². The van der Waals surface area contributed by atoms with Crippen molar-refractivity contribution in [2.75, 3.05) is 13.6 Å². The summed E-state index contributed by atoms with van der Waals surface area (Å²) < 4.78 is 13.2. The number of nitrogens with one attached hydrogen (secondary N) is 1. The summed E-state index contributed by atoms with van der Waals surface area (Å²) in [6.07, 6.45) is 0. The van der Waals surface area contributed by atoms with Gasteiger partial charge in [0.25, 0.3) is 5.91 Å². The van der Waals surface area contributed by atoms with Crippen LogP contribution in [0.3, 0.4) is 0 Å². The maximum Gasteiger partial charge on any atom is 0.259 e. The van der Waals surface area contributed by atoms with E-state index < -0.39 is 0 Å². The monoisotopic (exact) mass is 297 g/mol. The van der Waals surface area contributed by atoms with Gasteiger partial charge in [-0.1, -0.05) is 30.3 Å². The predicted octanol–water partition coefficient (Wildman–Crippen LogP) is 2.52. The molecule has 22 heavy (non-hydrogen) atoms. The van der Waals surface area contributed by atoms with Crippen molar-refractivity contribution in [3.05, 3.63) is 59.4 Å². The molecule has 0 spiro atoms. The van der Waals surface area contributed by atoms with Crippen LogP contribution in [0.1, 0.15) is 11.1 Å². The molecule has 0 saturated heterocycles. The van der Waals surface area contributed by atoms with E-state index in [0.29, 0.717) is 0 Å². The summed E-state index contributed by atoms with van der Waals surface area (Å²) in [6, 6.07) is 12.6. The lowest BCUT2D eigenvalue weighted by atomic mass is 9.99. The minimum absolute atomic E-state index is 0.121. The molecule has 1 aliphatic rings. The average molecular weight is 297 g/mol. The Morgan fingerprint density at radius 2 is 1.82 bits per heavy atom. The normalized spacial score (nSPS) is 14.6. The first-order valence-corrected chi connectivity index (χ1v) is 6.99. The molecule has 3 rings (SSSR count). The molecule has 0 radical (unpaired) electrons. The molecule has 5 heteroatoms. The molecule has 4 nitrogen and oxygen atoms in total. The van der Waals surface area contributed by atoms with Crippen molar-refractivity contribution in [1.82, 2.24) is 10.3 Å². The van der Waals surface area contributed by atoms with Crippen LogP contribution >= 0.6 is 0 Å². The number of benzene rings is 2. The third-order valence-corrected chi connectivity index (χ3v) is 3.67. The fourth-order valence-electron chi connectivity index (χ4n) is 2.56. The number of rotatable bonds is 2. The van der Waals surface area contributed by atoms with Gasteiger partial charge >= 0.3 is 0 Å². The van der Waals surface area contributed by atoms with Gasteiger partial charge in [0.1, 0.15) is 5.82 Å².